The van der Waals surface area contributed by atoms with Crippen LogP contribution in [0, 0.1) is 5.92 Å². The van der Waals surface area contributed by atoms with Crippen molar-refractivity contribution in [3.63, 3.8) is 0 Å². The molecule has 1 aliphatic heterocycles. The van der Waals surface area contributed by atoms with Gasteiger partial charge in [-0.2, -0.15) is 13.2 Å². The Morgan fingerprint density at radius 2 is 1.84 bits per heavy atom. The first-order valence-electron chi connectivity index (χ1n) is 9.53. The summed E-state index contributed by atoms with van der Waals surface area (Å²) >= 11 is 0. The molecule has 1 saturated heterocycles. The van der Waals surface area contributed by atoms with E-state index in [4.69, 9.17) is 9.47 Å². The molecular weight excluding hydrogens is 471 g/mol. The van der Waals surface area contributed by atoms with Crippen molar-refractivity contribution in [2.75, 3.05) is 20.0 Å². The summed E-state index contributed by atoms with van der Waals surface area (Å²) in [6, 6.07) is 4.52. The number of rotatable bonds is 5. The number of pyridine rings is 1. The summed E-state index contributed by atoms with van der Waals surface area (Å²) in [4.78, 5) is 1.14. The molecule has 1 aromatic heterocycles. The lowest BCUT2D eigenvalue weighted by molar-refractivity contribution is -0.137. The second-order valence-corrected chi connectivity index (χ2v) is 11.9. The van der Waals surface area contributed by atoms with E-state index >= 15 is 0 Å². The van der Waals surface area contributed by atoms with Gasteiger partial charge in [-0.15, -0.1) is 0 Å². The zero-order valence-electron chi connectivity index (χ0n) is 17.5. The minimum Gasteiger partial charge on any atom is -0.495 e. The number of alkyl halides is 3. The fourth-order valence-electron chi connectivity index (χ4n) is 3.63. The van der Waals surface area contributed by atoms with Gasteiger partial charge >= 0.3 is 6.18 Å². The van der Waals surface area contributed by atoms with Crippen LogP contribution in [0.3, 0.4) is 0 Å². The van der Waals surface area contributed by atoms with Gasteiger partial charge in [-0.3, -0.25) is 4.98 Å². The molecule has 176 valence electrons. The second kappa shape index (κ2) is 8.31. The molecule has 0 radical (unpaired) electrons. The summed E-state index contributed by atoms with van der Waals surface area (Å²) in [5.74, 6) is -0.331. The van der Waals surface area contributed by atoms with Gasteiger partial charge in [0.25, 0.3) is 0 Å². The molecule has 12 heteroatoms. The molecule has 0 aliphatic carbocycles. The summed E-state index contributed by atoms with van der Waals surface area (Å²) in [6.45, 7) is 1.80. The third kappa shape index (κ3) is 4.35. The molecule has 2 atom stereocenters. The third-order valence-corrected chi connectivity index (χ3v) is 8.61. The number of hydrogen-bond donors (Lipinski definition) is 0. The lowest BCUT2D eigenvalue weighted by atomic mass is 9.94. The molecule has 1 aromatic carbocycles. The van der Waals surface area contributed by atoms with E-state index < -0.39 is 41.2 Å². The Balaban J connectivity index is 2.29. The predicted molar refractivity (Wildman–Crippen MR) is 109 cm³/mol. The van der Waals surface area contributed by atoms with Crippen LogP contribution in [-0.4, -0.2) is 41.8 Å². The van der Waals surface area contributed by atoms with Crippen LogP contribution in [-0.2, 0) is 35.5 Å². The van der Waals surface area contributed by atoms with Gasteiger partial charge in [0.2, 0.25) is 14.8 Å². The van der Waals surface area contributed by atoms with E-state index in [1.165, 1.54) is 7.11 Å². The third-order valence-electron chi connectivity index (χ3n) is 5.31. The standard InChI is InChI=1S/C20H22F3NO6S2/c1-13-7-8-30-19(11-13,18-17(29-2)10-16(12-24-18)31(3,25)26)32(27,28)15-6-4-5-14(9-15)20(21,22)23/h4-6,9-10,12-13H,7-8,11H2,1-3H3. The summed E-state index contributed by atoms with van der Waals surface area (Å²) in [7, 11) is -7.06. The van der Waals surface area contributed by atoms with E-state index in [-0.39, 0.29) is 35.3 Å². The molecule has 1 fully saturated rings. The summed E-state index contributed by atoms with van der Waals surface area (Å²) in [5, 5.41) is 0. The molecule has 3 rings (SSSR count). The Bertz CT molecular complexity index is 1230. The predicted octanol–water partition coefficient (Wildman–Crippen LogP) is 3.59. The maximum absolute atomic E-state index is 13.8. The van der Waals surface area contributed by atoms with Gasteiger partial charge in [-0.25, -0.2) is 16.8 Å². The molecular formula is C20H22F3NO6S2. The number of methoxy groups -OCH3 is 1. The summed E-state index contributed by atoms with van der Waals surface area (Å²) in [6.07, 6.45) is -2.38. The number of nitrogens with zero attached hydrogens (tertiary/aromatic N) is 1. The quantitative estimate of drug-likeness (QED) is 0.628. The Hall–Kier alpha value is -2.18. The number of ether oxygens (including phenoxy) is 2. The van der Waals surface area contributed by atoms with Crippen molar-refractivity contribution in [3.05, 3.63) is 47.8 Å². The van der Waals surface area contributed by atoms with Crippen molar-refractivity contribution in [1.82, 2.24) is 4.98 Å². The van der Waals surface area contributed by atoms with Crippen molar-refractivity contribution in [3.8, 4) is 5.75 Å². The Morgan fingerprint density at radius 3 is 2.41 bits per heavy atom. The van der Waals surface area contributed by atoms with Crippen LogP contribution in [0.5, 0.6) is 5.75 Å². The molecule has 2 unspecified atom stereocenters. The highest BCUT2D eigenvalue weighted by Crippen LogP contribution is 2.48. The lowest BCUT2D eigenvalue weighted by Crippen LogP contribution is -2.44. The normalized spacial score (nSPS) is 22.5. The highest BCUT2D eigenvalue weighted by Gasteiger charge is 2.53. The fourth-order valence-corrected chi connectivity index (χ4v) is 6.26. The van der Waals surface area contributed by atoms with E-state index in [0.717, 1.165) is 36.7 Å². The van der Waals surface area contributed by atoms with E-state index in [2.05, 4.69) is 4.98 Å². The SMILES string of the molecule is COc1cc(S(C)(=O)=O)cnc1C1(S(=O)(=O)c2cccc(C(F)(F)F)c2)CC(C)CCO1. The van der Waals surface area contributed by atoms with Crippen LogP contribution in [0.4, 0.5) is 13.2 Å². The average molecular weight is 494 g/mol. The van der Waals surface area contributed by atoms with Crippen LogP contribution < -0.4 is 4.74 Å². The van der Waals surface area contributed by atoms with Gasteiger partial charge < -0.3 is 9.47 Å². The highest BCUT2D eigenvalue weighted by molar-refractivity contribution is 7.92. The van der Waals surface area contributed by atoms with Crippen molar-refractivity contribution in [2.24, 2.45) is 5.92 Å². The van der Waals surface area contributed by atoms with E-state index in [1.54, 1.807) is 6.92 Å². The van der Waals surface area contributed by atoms with Crippen LogP contribution in [0.2, 0.25) is 0 Å². The Morgan fingerprint density at radius 1 is 1.16 bits per heavy atom. The second-order valence-electron chi connectivity index (χ2n) is 7.72. The summed E-state index contributed by atoms with van der Waals surface area (Å²) in [5.41, 5.74) is -1.33. The Labute approximate surface area is 184 Å². The van der Waals surface area contributed by atoms with Gasteiger partial charge in [0.15, 0.2) is 9.84 Å². The first-order chi connectivity index (χ1) is 14.7. The minimum absolute atomic E-state index is 0.0119. The zero-order valence-corrected chi connectivity index (χ0v) is 19.1. The molecule has 1 aliphatic rings. The topological polar surface area (TPSA) is 99.6 Å². The number of aromatic nitrogens is 1. The average Bonchev–Trinajstić information content (AvgIpc) is 2.72. The van der Waals surface area contributed by atoms with Crippen LogP contribution >= 0.6 is 0 Å². The number of hydrogen-bond acceptors (Lipinski definition) is 7. The highest BCUT2D eigenvalue weighted by atomic mass is 32.2. The molecule has 0 saturated carbocycles. The van der Waals surface area contributed by atoms with Gasteiger partial charge in [0.1, 0.15) is 11.4 Å². The van der Waals surface area contributed by atoms with E-state index in [9.17, 15) is 30.0 Å². The first-order valence-corrected chi connectivity index (χ1v) is 12.9. The van der Waals surface area contributed by atoms with E-state index in [1.807, 2.05) is 0 Å². The smallest absolute Gasteiger partial charge is 0.416 e. The molecule has 0 amide bonds. The molecule has 32 heavy (non-hydrogen) atoms. The number of sulfone groups is 2. The molecule has 0 N–H and O–H groups in total. The molecule has 7 nitrogen and oxygen atoms in total. The van der Waals surface area contributed by atoms with Crippen molar-refractivity contribution in [1.29, 1.82) is 0 Å². The van der Waals surface area contributed by atoms with Crippen LogP contribution in [0.1, 0.15) is 31.0 Å². The maximum atomic E-state index is 13.8. The van der Waals surface area contributed by atoms with Crippen molar-refractivity contribution < 1.29 is 39.5 Å². The van der Waals surface area contributed by atoms with Crippen molar-refractivity contribution >= 4 is 19.7 Å². The molecule has 0 spiro atoms. The van der Waals surface area contributed by atoms with Gasteiger partial charge in [0.05, 0.1) is 22.5 Å². The number of halogens is 3. The molecule has 0 bridgehead atoms. The first kappa shape index (κ1) is 24.5. The molecule has 2 heterocycles. The largest absolute Gasteiger partial charge is 0.495 e. The lowest BCUT2D eigenvalue weighted by Gasteiger charge is -2.39. The maximum Gasteiger partial charge on any atom is 0.416 e. The van der Waals surface area contributed by atoms with Crippen molar-refractivity contribution in [2.45, 2.75) is 40.7 Å². The van der Waals surface area contributed by atoms with Crippen LogP contribution in [0.25, 0.3) is 0 Å². The zero-order chi connectivity index (χ0) is 23.9. The van der Waals surface area contributed by atoms with Gasteiger partial charge in [-0.1, -0.05) is 13.0 Å². The monoisotopic (exact) mass is 493 g/mol. The van der Waals surface area contributed by atoms with Crippen LogP contribution in [0.15, 0.2) is 46.3 Å². The Kier molecular flexibility index (Phi) is 6.35. The summed E-state index contributed by atoms with van der Waals surface area (Å²) < 4.78 is 102. The minimum atomic E-state index is -4.74. The van der Waals surface area contributed by atoms with Gasteiger partial charge in [0, 0.05) is 25.1 Å². The van der Waals surface area contributed by atoms with Gasteiger partial charge in [-0.05, 0) is 37.0 Å². The molecule has 2 aromatic rings. The fraction of sp³-hybridized carbons (Fsp3) is 0.450. The van der Waals surface area contributed by atoms with E-state index in [0.29, 0.717) is 12.5 Å². The number of benzene rings is 1.